The van der Waals surface area contributed by atoms with Crippen molar-refractivity contribution in [2.45, 2.75) is 20.8 Å². The van der Waals surface area contributed by atoms with Crippen LogP contribution in [-0.4, -0.2) is 31.1 Å². The van der Waals surface area contributed by atoms with E-state index in [1.54, 1.807) is 48.7 Å². The Hall–Kier alpha value is -4.39. The van der Waals surface area contributed by atoms with Gasteiger partial charge in [0.05, 0.1) is 12.5 Å². The molecule has 7 nitrogen and oxygen atoms in total. The molecule has 0 saturated heterocycles. The highest BCUT2D eigenvalue weighted by molar-refractivity contribution is 6.05. The first kappa shape index (κ1) is 25.2. The number of nitrogens with zero attached hydrogens (tertiary/aromatic N) is 2. The topological polar surface area (TPSA) is 86.9 Å². The van der Waals surface area contributed by atoms with E-state index in [-0.39, 0.29) is 11.6 Å². The second-order valence-corrected chi connectivity index (χ2v) is 7.74. The summed E-state index contributed by atoms with van der Waals surface area (Å²) < 4.78 is 5.27. The molecule has 0 spiro atoms. The molecule has 1 heterocycles. The van der Waals surface area contributed by atoms with Crippen molar-refractivity contribution in [2.75, 3.05) is 18.0 Å². The molecule has 0 radical (unpaired) electrons. The summed E-state index contributed by atoms with van der Waals surface area (Å²) in [5.41, 5.74) is 5.67. The van der Waals surface area contributed by atoms with Crippen LogP contribution in [0.3, 0.4) is 0 Å². The Morgan fingerprint density at radius 2 is 1.66 bits per heavy atom. The molecular weight excluding hydrogens is 440 g/mol. The zero-order chi connectivity index (χ0) is 25.0. The van der Waals surface area contributed by atoms with Gasteiger partial charge in [0, 0.05) is 24.3 Å². The van der Waals surface area contributed by atoms with Crippen LogP contribution in [-0.2, 0) is 4.79 Å². The number of carbonyl (C=O) groups excluding carboxylic acids is 2. The Kier molecular flexibility index (Phi) is 9.19. The third-order valence-corrected chi connectivity index (χ3v) is 5.21. The van der Waals surface area contributed by atoms with E-state index in [2.05, 4.69) is 34.6 Å². The zero-order valence-corrected chi connectivity index (χ0v) is 20.2. The van der Waals surface area contributed by atoms with Gasteiger partial charge in [0.25, 0.3) is 11.8 Å². The number of allylic oxidation sites excluding steroid dienone is 1. The smallest absolute Gasteiger partial charge is 0.287 e. The Balaban J connectivity index is 1.79. The minimum absolute atomic E-state index is 0.0826. The number of hydrogen-bond acceptors (Lipinski definition) is 5. The van der Waals surface area contributed by atoms with Gasteiger partial charge in [-0.05, 0) is 80.5 Å². The highest BCUT2D eigenvalue weighted by atomic mass is 16.3. The summed E-state index contributed by atoms with van der Waals surface area (Å²) >= 11 is 0. The van der Waals surface area contributed by atoms with E-state index in [4.69, 9.17) is 4.42 Å². The average molecular weight is 471 g/mol. The van der Waals surface area contributed by atoms with Crippen LogP contribution in [0, 0.1) is 0 Å². The summed E-state index contributed by atoms with van der Waals surface area (Å²) in [6, 6.07) is 20.2. The molecule has 0 fully saturated rings. The summed E-state index contributed by atoms with van der Waals surface area (Å²) in [5, 5.41) is 6.73. The van der Waals surface area contributed by atoms with Crippen LogP contribution in [0.4, 0.5) is 5.69 Å². The lowest BCUT2D eigenvalue weighted by Gasteiger charge is -2.20. The highest BCUT2D eigenvalue weighted by Crippen LogP contribution is 2.17. The van der Waals surface area contributed by atoms with E-state index in [9.17, 15) is 9.59 Å². The molecule has 2 N–H and O–H groups in total. The van der Waals surface area contributed by atoms with Crippen molar-refractivity contribution in [3.8, 4) is 0 Å². The summed E-state index contributed by atoms with van der Waals surface area (Å²) in [7, 11) is 0. The van der Waals surface area contributed by atoms with E-state index < -0.39 is 5.91 Å². The first-order chi connectivity index (χ1) is 17.0. The van der Waals surface area contributed by atoms with Crippen molar-refractivity contribution < 1.29 is 14.0 Å². The van der Waals surface area contributed by atoms with Crippen LogP contribution >= 0.6 is 0 Å². The van der Waals surface area contributed by atoms with E-state index in [0.717, 1.165) is 29.9 Å². The maximum Gasteiger partial charge on any atom is 0.287 e. The average Bonchev–Trinajstić information content (AvgIpc) is 3.38. The van der Waals surface area contributed by atoms with E-state index in [1.165, 1.54) is 6.21 Å². The maximum absolute atomic E-state index is 12.9. The fourth-order valence-electron chi connectivity index (χ4n) is 3.37. The SMILES string of the molecule is CCN(CC)c1ccc(/C=C(\NC(=O)c2ccccc2)C(=O)NN=C/C(C)=C\c2ccco2)cc1. The van der Waals surface area contributed by atoms with Crippen molar-refractivity contribution >= 4 is 35.9 Å². The zero-order valence-electron chi connectivity index (χ0n) is 20.2. The van der Waals surface area contributed by atoms with Gasteiger partial charge >= 0.3 is 0 Å². The molecule has 0 saturated carbocycles. The van der Waals surface area contributed by atoms with Crippen molar-refractivity contribution in [1.82, 2.24) is 10.7 Å². The van der Waals surface area contributed by atoms with E-state index in [1.807, 2.05) is 43.3 Å². The van der Waals surface area contributed by atoms with Gasteiger partial charge in [-0.25, -0.2) is 5.43 Å². The summed E-state index contributed by atoms with van der Waals surface area (Å²) in [5.74, 6) is -0.238. The minimum atomic E-state index is -0.538. The molecule has 180 valence electrons. The third kappa shape index (κ3) is 7.57. The van der Waals surface area contributed by atoms with E-state index in [0.29, 0.717) is 11.3 Å². The number of rotatable bonds is 10. The Bertz CT molecular complexity index is 1190. The lowest BCUT2D eigenvalue weighted by atomic mass is 10.1. The quantitative estimate of drug-likeness (QED) is 0.245. The number of furan rings is 1. The van der Waals surface area contributed by atoms with E-state index >= 15 is 0 Å². The second-order valence-electron chi connectivity index (χ2n) is 7.74. The predicted molar refractivity (Wildman–Crippen MR) is 141 cm³/mol. The maximum atomic E-state index is 12.9. The molecule has 0 aliphatic carbocycles. The molecule has 3 aromatic rings. The van der Waals surface area contributed by atoms with Crippen LogP contribution in [0.5, 0.6) is 0 Å². The van der Waals surface area contributed by atoms with Gasteiger partial charge in [0.15, 0.2) is 0 Å². The first-order valence-corrected chi connectivity index (χ1v) is 11.5. The largest absolute Gasteiger partial charge is 0.465 e. The highest BCUT2D eigenvalue weighted by Gasteiger charge is 2.14. The molecule has 2 aromatic carbocycles. The molecule has 3 rings (SSSR count). The fourth-order valence-corrected chi connectivity index (χ4v) is 3.37. The van der Waals surface area contributed by atoms with Crippen LogP contribution in [0.15, 0.2) is 93.8 Å². The monoisotopic (exact) mass is 470 g/mol. The number of hydrogen-bond donors (Lipinski definition) is 2. The third-order valence-electron chi connectivity index (χ3n) is 5.21. The molecular formula is C28H30N4O3. The van der Waals surface area contributed by atoms with Gasteiger partial charge in [-0.1, -0.05) is 30.3 Å². The molecule has 0 atom stereocenters. The van der Waals surface area contributed by atoms with Gasteiger partial charge in [-0.15, -0.1) is 0 Å². The van der Waals surface area contributed by atoms with Gasteiger partial charge in [-0.2, -0.15) is 5.10 Å². The number of carbonyl (C=O) groups is 2. The van der Waals surface area contributed by atoms with Gasteiger partial charge in [-0.3, -0.25) is 9.59 Å². The number of amides is 2. The molecule has 0 aliphatic rings. The summed E-state index contributed by atoms with van der Waals surface area (Å²) in [6.45, 7) is 7.84. The summed E-state index contributed by atoms with van der Waals surface area (Å²) in [4.78, 5) is 27.9. The summed E-state index contributed by atoms with van der Waals surface area (Å²) in [6.07, 6.45) is 6.51. The molecule has 2 amide bonds. The van der Waals surface area contributed by atoms with Crippen LogP contribution in [0.2, 0.25) is 0 Å². The number of benzene rings is 2. The van der Waals surface area contributed by atoms with Crippen molar-refractivity contribution in [1.29, 1.82) is 0 Å². The van der Waals surface area contributed by atoms with Gasteiger partial charge < -0.3 is 14.6 Å². The fraction of sp³-hybridized carbons (Fsp3) is 0.179. The van der Waals surface area contributed by atoms with Gasteiger partial charge in [0.1, 0.15) is 11.5 Å². The molecule has 7 heteroatoms. The Morgan fingerprint density at radius 3 is 2.29 bits per heavy atom. The Morgan fingerprint density at radius 1 is 0.943 bits per heavy atom. The Labute approximate surface area is 205 Å². The molecule has 0 bridgehead atoms. The van der Waals surface area contributed by atoms with Crippen LogP contribution < -0.4 is 15.6 Å². The standard InChI is InChI=1S/C28H30N4O3/c1-4-32(5-2)24-15-13-22(14-16-24)19-26(30-27(33)23-10-7-6-8-11-23)28(34)31-29-20-21(3)18-25-12-9-17-35-25/h6-20H,4-5H2,1-3H3,(H,30,33)(H,31,34)/b21-18-,26-19-,29-20?. The van der Waals surface area contributed by atoms with Crippen LogP contribution in [0.25, 0.3) is 12.2 Å². The van der Waals surface area contributed by atoms with Crippen molar-refractivity contribution in [3.63, 3.8) is 0 Å². The second kappa shape index (κ2) is 12.7. The molecule has 35 heavy (non-hydrogen) atoms. The van der Waals surface area contributed by atoms with Crippen LogP contribution in [0.1, 0.15) is 42.5 Å². The van der Waals surface area contributed by atoms with Crippen molar-refractivity contribution in [2.24, 2.45) is 5.10 Å². The van der Waals surface area contributed by atoms with Gasteiger partial charge in [0.2, 0.25) is 0 Å². The lowest BCUT2D eigenvalue weighted by molar-refractivity contribution is -0.117. The molecule has 0 unspecified atom stereocenters. The molecule has 0 aliphatic heterocycles. The number of nitrogens with one attached hydrogen (secondary N) is 2. The predicted octanol–water partition coefficient (Wildman–Crippen LogP) is 5.10. The number of hydrazone groups is 1. The molecule has 1 aromatic heterocycles. The number of anilines is 1. The lowest BCUT2D eigenvalue weighted by Crippen LogP contribution is -2.32. The first-order valence-electron chi connectivity index (χ1n) is 11.5. The normalized spacial score (nSPS) is 12.0. The van der Waals surface area contributed by atoms with Crippen molar-refractivity contribution in [3.05, 3.63) is 101 Å². The minimum Gasteiger partial charge on any atom is -0.465 e.